The Morgan fingerprint density at radius 1 is 0.944 bits per heavy atom. The van der Waals surface area contributed by atoms with Crippen LogP contribution in [0.5, 0.6) is 0 Å². The van der Waals surface area contributed by atoms with Crippen molar-refractivity contribution < 1.29 is 22.5 Å². The maximum atomic E-state index is 13.0. The Labute approximate surface area is 213 Å². The molecular weight excluding hydrogens is 502 g/mol. The average Bonchev–Trinajstić information content (AvgIpc) is 3.39. The highest BCUT2D eigenvalue weighted by Gasteiger charge is 2.21. The molecule has 0 N–H and O–H groups in total. The van der Waals surface area contributed by atoms with E-state index in [2.05, 4.69) is 9.97 Å². The number of carbonyl (C=O) groups excluding carboxylic acids is 1. The molecule has 10 heteroatoms. The van der Waals surface area contributed by atoms with Crippen LogP contribution in [0, 0.1) is 0 Å². The van der Waals surface area contributed by atoms with E-state index in [1.807, 2.05) is 12.1 Å². The molecule has 0 unspecified atom stereocenters. The second-order valence-electron chi connectivity index (χ2n) is 7.56. The van der Waals surface area contributed by atoms with Gasteiger partial charge in [0.2, 0.25) is 9.84 Å². The van der Waals surface area contributed by atoms with Crippen LogP contribution in [0.3, 0.4) is 0 Å². The van der Waals surface area contributed by atoms with E-state index in [1.165, 1.54) is 25.6 Å². The minimum atomic E-state index is -3.66. The standard InChI is InChI=1S/C26H19N3O5S.ClH/c1-33-29(19-7-10-22(11-8-19)35(31,32)21-5-3-2-4-6-21)25-14-24-18(15-27-17-28-24)13-23(25)26-12-9-20(16-30)34-26;/h2-17H,1H3;1H. The van der Waals surface area contributed by atoms with E-state index in [0.717, 1.165) is 5.39 Å². The van der Waals surface area contributed by atoms with Crippen LogP contribution < -0.4 is 5.06 Å². The first-order chi connectivity index (χ1) is 17.0. The van der Waals surface area contributed by atoms with Gasteiger partial charge in [0.05, 0.1) is 33.8 Å². The van der Waals surface area contributed by atoms with Crippen molar-refractivity contribution in [3.05, 3.63) is 97.1 Å². The van der Waals surface area contributed by atoms with Gasteiger partial charge in [-0.3, -0.25) is 9.63 Å². The molecule has 0 aliphatic rings. The molecule has 0 saturated heterocycles. The number of benzene rings is 3. The monoisotopic (exact) mass is 521 g/mol. The molecular formula is C26H20ClN3O5S. The van der Waals surface area contributed by atoms with Crippen LogP contribution in [0.1, 0.15) is 10.6 Å². The largest absolute Gasteiger partial charge is 0.453 e. The summed E-state index contributed by atoms with van der Waals surface area (Å²) in [6, 6.07) is 21.6. The van der Waals surface area contributed by atoms with E-state index in [9.17, 15) is 13.2 Å². The number of halogens is 1. The molecule has 182 valence electrons. The Morgan fingerprint density at radius 3 is 2.33 bits per heavy atom. The van der Waals surface area contributed by atoms with E-state index in [4.69, 9.17) is 9.25 Å². The molecule has 5 rings (SSSR count). The van der Waals surface area contributed by atoms with Gasteiger partial charge in [0, 0.05) is 17.1 Å². The van der Waals surface area contributed by atoms with Gasteiger partial charge in [-0.25, -0.2) is 23.4 Å². The summed E-state index contributed by atoms with van der Waals surface area (Å²) in [5.41, 5.74) is 2.48. The van der Waals surface area contributed by atoms with E-state index in [1.54, 1.807) is 65.9 Å². The lowest BCUT2D eigenvalue weighted by Gasteiger charge is -2.24. The predicted octanol–water partition coefficient (Wildman–Crippen LogP) is 5.66. The van der Waals surface area contributed by atoms with E-state index < -0.39 is 9.84 Å². The number of sulfone groups is 1. The molecule has 0 saturated carbocycles. The molecule has 0 atom stereocenters. The number of carbonyl (C=O) groups is 1. The van der Waals surface area contributed by atoms with Gasteiger partial charge in [-0.1, -0.05) is 18.2 Å². The number of furan rings is 1. The molecule has 0 aliphatic heterocycles. The third-order valence-electron chi connectivity index (χ3n) is 5.47. The Morgan fingerprint density at radius 2 is 1.67 bits per heavy atom. The molecule has 0 spiro atoms. The van der Waals surface area contributed by atoms with Crippen LogP contribution >= 0.6 is 12.4 Å². The molecule has 2 aromatic heterocycles. The third-order valence-corrected chi connectivity index (χ3v) is 7.25. The van der Waals surface area contributed by atoms with Gasteiger partial charge in [0.25, 0.3) is 0 Å². The molecule has 0 radical (unpaired) electrons. The normalized spacial score (nSPS) is 11.1. The fraction of sp³-hybridized carbons (Fsp3) is 0.0385. The lowest BCUT2D eigenvalue weighted by molar-refractivity contribution is 0.110. The Hall–Kier alpha value is -4.05. The lowest BCUT2D eigenvalue weighted by atomic mass is 10.1. The van der Waals surface area contributed by atoms with Gasteiger partial charge in [-0.05, 0) is 60.7 Å². The van der Waals surface area contributed by atoms with Crippen LogP contribution in [-0.4, -0.2) is 31.8 Å². The molecule has 5 aromatic rings. The number of aldehydes is 1. The third kappa shape index (κ3) is 4.59. The molecule has 2 heterocycles. The first-order valence-corrected chi connectivity index (χ1v) is 12.0. The van der Waals surface area contributed by atoms with Crippen molar-refractivity contribution in [1.29, 1.82) is 0 Å². The molecule has 36 heavy (non-hydrogen) atoms. The highest BCUT2D eigenvalue weighted by molar-refractivity contribution is 7.91. The van der Waals surface area contributed by atoms with Crippen molar-refractivity contribution in [2.75, 3.05) is 12.2 Å². The van der Waals surface area contributed by atoms with Crippen molar-refractivity contribution >= 4 is 50.8 Å². The number of aromatic nitrogens is 2. The lowest BCUT2D eigenvalue weighted by Crippen LogP contribution is -2.16. The number of hydrogen-bond acceptors (Lipinski definition) is 8. The van der Waals surface area contributed by atoms with Crippen LogP contribution in [0.15, 0.2) is 106 Å². The van der Waals surface area contributed by atoms with Crippen molar-refractivity contribution in [3.63, 3.8) is 0 Å². The first kappa shape index (κ1) is 25.1. The SMILES string of the molecule is CON(c1ccc(S(=O)(=O)c2ccccc2)cc1)c1cc2ncncc2cc1-c1ccc(C=O)o1.Cl. The molecule has 0 amide bonds. The minimum Gasteiger partial charge on any atom is -0.453 e. The van der Waals surface area contributed by atoms with Crippen molar-refractivity contribution in [1.82, 2.24) is 9.97 Å². The molecule has 0 fully saturated rings. The van der Waals surface area contributed by atoms with Crippen LogP contribution in [0.4, 0.5) is 11.4 Å². The highest BCUT2D eigenvalue weighted by Crippen LogP contribution is 2.39. The maximum absolute atomic E-state index is 13.0. The number of nitrogens with zero attached hydrogens (tertiary/aromatic N) is 3. The van der Waals surface area contributed by atoms with Gasteiger partial charge in [0.15, 0.2) is 12.0 Å². The quantitative estimate of drug-likeness (QED) is 0.200. The van der Waals surface area contributed by atoms with E-state index in [0.29, 0.717) is 34.5 Å². The number of rotatable bonds is 7. The predicted molar refractivity (Wildman–Crippen MR) is 137 cm³/mol. The minimum absolute atomic E-state index is 0. The van der Waals surface area contributed by atoms with Crippen LogP contribution in [0.2, 0.25) is 0 Å². The number of fused-ring (bicyclic) bond motifs is 1. The summed E-state index contributed by atoms with van der Waals surface area (Å²) < 4.78 is 31.6. The van der Waals surface area contributed by atoms with Gasteiger partial charge in [-0.2, -0.15) is 0 Å². The van der Waals surface area contributed by atoms with Crippen molar-refractivity contribution in [3.8, 4) is 11.3 Å². The smallest absolute Gasteiger partial charge is 0.206 e. The summed E-state index contributed by atoms with van der Waals surface area (Å²) in [6.07, 6.45) is 3.76. The van der Waals surface area contributed by atoms with E-state index >= 15 is 0 Å². The summed E-state index contributed by atoms with van der Waals surface area (Å²) in [5.74, 6) is 0.646. The summed E-state index contributed by atoms with van der Waals surface area (Å²) >= 11 is 0. The fourth-order valence-corrected chi connectivity index (χ4v) is 5.07. The highest BCUT2D eigenvalue weighted by atomic mass is 35.5. The topological polar surface area (TPSA) is 103 Å². The number of anilines is 2. The molecule has 0 bridgehead atoms. The Balaban J connectivity index is 0.00000304. The van der Waals surface area contributed by atoms with E-state index in [-0.39, 0.29) is 28.0 Å². The summed E-state index contributed by atoms with van der Waals surface area (Å²) in [4.78, 5) is 25.7. The molecule has 0 aliphatic carbocycles. The second kappa shape index (κ2) is 10.3. The van der Waals surface area contributed by atoms with Crippen LogP contribution in [-0.2, 0) is 14.7 Å². The zero-order valence-electron chi connectivity index (χ0n) is 18.9. The van der Waals surface area contributed by atoms with Gasteiger partial charge < -0.3 is 4.42 Å². The Kier molecular flexibility index (Phi) is 7.16. The molecule has 3 aromatic carbocycles. The Bertz CT molecular complexity index is 1620. The first-order valence-electron chi connectivity index (χ1n) is 10.5. The van der Waals surface area contributed by atoms with Crippen LogP contribution in [0.25, 0.3) is 22.2 Å². The van der Waals surface area contributed by atoms with Gasteiger partial charge in [-0.15, -0.1) is 12.4 Å². The molecule has 8 nitrogen and oxygen atoms in total. The zero-order valence-corrected chi connectivity index (χ0v) is 20.6. The second-order valence-corrected chi connectivity index (χ2v) is 9.51. The van der Waals surface area contributed by atoms with Gasteiger partial charge >= 0.3 is 0 Å². The van der Waals surface area contributed by atoms with Crippen molar-refractivity contribution in [2.24, 2.45) is 0 Å². The zero-order chi connectivity index (χ0) is 24.4. The summed E-state index contributed by atoms with van der Waals surface area (Å²) in [6.45, 7) is 0. The van der Waals surface area contributed by atoms with Crippen molar-refractivity contribution in [2.45, 2.75) is 9.79 Å². The summed E-state index contributed by atoms with van der Waals surface area (Å²) in [5, 5.41) is 2.31. The average molecular weight is 522 g/mol. The summed E-state index contributed by atoms with van der Waals surface area (Å²) in [7, 11) is -2.16. The van der Waals surface area contributed by atoms with Gasteiger partial charge in [0.1, 0.15) is 12.1 Å². The maximum Gasteiger partial charge on any atom is 0.206 e. The fourth-order valence-electron chi connectivity index (χ4n) is 3.78. The number of hydrogen-bond donors (Lipinski definition) is 0.